The van der Waals surface area contributed by atoms with Gasteiger partial charge in [-0.1, -0.05) is 6.08 Å². The molecule has 1 amide bonds. The zero-order valence-electron chi connectivity index (χ0n) is 9.62. The Morgan fingerprint density at radius 1 is 1.53 bits per heavy atom. The van der Waals surface area contributed by atoms with Gasteiger partial charge in [0, 0.05) is 19.2 Å². The minimum absolute atomic E-state index is 0.0225. The zero-order chi connectivity index (χ0) is 11.7. The summed E-state index contributed by atoms with van der Waals surface area (Å²) in [5.74, 6) is -0.0225. The van der Waals surface area contributed by atoms with Crippen LogP contribution < -0.4 is 10.6 Å². The van der Waals surface area contributed by atoms with Gasteiger partial charge in [-0.25, -0.2) is 0 Å². The van der Waals surface area contributed by atoms with E-state index in [-0.39, 0.29) is 24.6 Å². The summed E-state index contributed by atoms with van der Waals surface area (Å²) in [6, 6.07) is 0.0280. The number of aliphatic hydroxyl groups excluding tert-OH is 1. The summed E-state index contributed by atoms with van der Waals surface area (Å²) in [4.78, 5) is 11.4. The third-order valence-corrected chi connectivity index (χ3v) is 2.14. The first-order valence-corrected chi connectivity index (χ1v) is 5.37. The number of hydrogen-bond donors (Lipinski definition) is 3. The molecule has 2 atom stereocenters. The van der Waals surface area contributed by atoms with Crippen molar-refractivity contribution in [1.29, 1.82) is 0 Å². The lowest BCUT2D eigenvalue weighted by atomic mass is 10.1. The highest BCUT2D eigenvalue weighted by molar-refractivity contribution is 5.81. The van der Waals surface area contributed by atoms with Crippen LogP contribution in [0.5, 0.6) is 0 Å². The summed E-state index contributed by atoms with van der Waals surface area (Å²) >= 11 is 0. The maximum atomic E-state index is 11.4. The Morgan fingerprint density at radius 2 is 2.20 bits per heavy atom. The van der Waals surface area contributed by atoms with E-state index in [1.165, 1.54) is 0 Å². The lowest BCUT2D eigenvalue weighted by Crippen LogP contribution is -2.45. The molecule has 0 spiro atoms. The monoisotopic (exact) mass is 214 g/mol. The number of nitrogens with one attached hydrogen (secondary N) is 2. The smallest absolute Gasteiger partial charge is 0.237 e. The zero-order valence-corrected chi connectivity index (χ0v) is 9.62. The van der Waals surface area contributed by atoms with Crippen LogP contribution in [0.15, 0.2) is 12.7 Å². The molecular formula is C11H22N2O2. The molecule has 0 saturated carbocycles. The second-order valence-corrected chi connectivity index (χ2v) is 3.69. The molecule has 15 heavy (non-hydrogen) atoms. The topological polar surface area (TPSA) is 61.4 Å². The molecule has 0 aliphatic carbocycles. The summed E-state index contributed by atoms with van der Waals surface area (Å²) in [6.07, 6.45) is 3.28. The van der Waals surface area contributed by atoms with Crippen molar-refractivity contribution in [1.82, 2.24) is 10.6 Å². The molecule has 0 aliphatic rings. The molecule has 0 fully saturated rings. The molecule has 0 aromatic rings. The lowest BCUT2D eigenvalue weighted by Gasteiger charge is -2.18. The molecule has 0 bridgehead atoms. The van der Waals surface area contributed by atoms with Crippen molar-refractivity contribution >= 4 is 5.91 Å². The highest BCUT2D eigenvalue weighted by Crippen LogP contribution is 1.97. The molecule has 4 heteroatoms. The highest BCUT2D eigenvalue weighted by atomic mass is 16.2. The molecule has 0 aromatic carbocycles. The Bertz CT molecular complexity index is 195. The maximum absolute atomic E-state index is 11.4. The second kappa shape index (κ2) is 8.44. The average molecular weight is 214 g/mol. The van der Waals surface area contributed by atoms with E-state index in [1.54, 1.807) is 6.08 Å². The van der Waals surface area contributed by atoms with E-state index in [0.29, 0.717) is 6.54 Å². The van der Waals surface area contributed by atoms with Gasteiger partial charge in [0.1, 0.15) is 0 Å². The molecule has 0 saturated heterocycles. The fourth-order valence-electron chi connectivity index (χ4n) is 1.31. The number of rotatable bonds is 8. The van der Waals surface area contributed by atoms with Crippen LogP contribution in [0, 0.1) is 0 Å². The van der Waals surface area contributed by atoms with Crippen molar-refractivity contribution < 1.29 is 9.90 Å². The lowest BCUT2D eigenvalue weighted by molar-refractivity contribution is -0.122. The van der Waals surface area contributed by atoms with Gasteiger partial charge in [-0.2, -0.15) is 0 Å². The van der Waals surface area contributed by atoms with Gasteiger partial charge in [-0.15, -0.1) is 6.58 Å². The molecule has 0 aliphatic heterocycles. The Hall–Kier alpha value is -0.870. The fourth-order valence-corrected chi connectivity index (χ4v) is 1.31. The van der Waals surface area contributed by atoms with Gasteiger partial charge in [0.2, 0.25) is 5.91 Å². The number of aliphatic hydroxyl groups is 1. The van der Waals surface area contributed by atoms with Crippen LogP contribution in [0.2, 0.25) is 0 Å². The molecule has 0 aromatic heterocycles. The van der Waals surface area contributed by atoms with Crippen LogP contribution in [-0.4, -0.2) is 36.2 Å². The van der Waals surface area contributed by atoms with Gasteiger partial charge in [0.25, 0.3) is 0 Å². The first-order valence-electron chi connectivity index (χ1n) is 5.37. The van der Waals surface area contributed by atoms with Crippen molar-refractivity contribution in [2.24, 2.45) is 0 Å². The summed E-state index contributed by atoms with van der Waals surface area (Å²) in [5, 5.41) is 14.5. The van der Waals surface area contributed by atoms with Crippen LogP contribution >= 0.6 is 0 Å². The number of amides is 1. The summed E-state index contributed by atoms with van der Waals surface area (Å²) < 4.78 is 0. The third-order valence-electron chi connectivity index (χ3n) is 2.14. The Morgan fingerprint density at radius 3 is 2.73 bits per heavy atom. The van der Waals surface area contributed by atoms with Crippen molar-refractivity contribution in [3.05, 3.63) is 12.7 Å². The van der Waals surface area contributed by atoms with Crippen LogP contribution in [0.1, 0.15) is 26.7 Å². The SMILES string of the molecule is C=CCNC(=O)C(C)NC(C)CCCO. The van der Waals surface area contributed by atoms with Gasteiger partial charge >= 0.3 is 0 Å². The van der Waals surface area contributed by atoms with Crippen LogP contribution in [-0.2, 0) is 4.79 Å². The van der Waals surface area contributed by atoms with Crippen LogP contribution in [0.25, 0.3) is 0 Å². The Balaban J connectivity index is 3.74. The van der Waals surface area contributed by atoms with Crippen molar-refractivity contribution in [2.45, 2.75) is 38.8 Å². The Kier molecular flexibility index (Phi) is 7.95. The van der Waals surface area contributed by atoms with E-state index in [9.17, 15) is 4.79 Å². The average Bonchev–Trinajstić information content (AvgIpc) is 2.22. The third kappa shape index (κ3) is 7.11. The van der Waals surface area contributed by atoms with Crippen LogP contribution in [0.4, 0.5) is 0 Å². The minimum Gasteiger partial charge on any atom is -0.396 e. The molecule has 2 unspecified atom stereocenters. The molecule has 4 nitrogen and oxygen atoms in total. The van der Waals surface area contributed by atoms with Crippen molar-refractivity contribution in [3.8, 4) is 0 Å². The van der Waals surface area contributed by atoms with Gasteiger partial charge in [-0.05, 0) is 26.7 Å². The molecule has 0 heterocycles. The summed E-state index contributed by atoms with van der Waals surface area (Å²) in [6.45, 7) is 8.06. The maximum Gasteiger partial charge on any atom is 0.237 e. The van der Waals surface area contributed by atoms with E-state index in [2.05, 4.69) is 17.2 Å². The molecule has 88 valence electrons. The first-order chi connectivity index (χ1) is 7.11. The molecular weight excluding hydrogens is 192 g/mol. The highest BCUT2D eigenvalue weighted by Gasteiger charge is 2.13. The summed E-state index contributed by atoms with van der Waals surface area (Å²) in [5.41, 5.74) is 0. The number of carbonyl (C=O) groups is 1. The fraction of sp³-hybridized carbons (Fsp3) is 0.727. The standard InChI is InChI=1S/C11H22N2O2/c1-4-7-12-11(15)10(3)13-9(2)6-5-8-14/h4,9-10,13-14H,1,5-8H2,2-3H3,(H,12,15). The van der Waals surface area contributed by atoms with Gasteiger partial charge < -0.3 is 15.7 Å². The quantitative estimate of drug-likeness (QED) is 0.513. The Labute approximate surface area is 91.8 Å². The van der Waals surface area contributed by atoms with E-state index < -0.39 is 0 Å². The normalized spacial score (nSPS) is 14.3. The molecule has 0 rings (SSSR count). The van der Waals surface area contributed by atoms with Crippen LogP contribution in [0.3, 0.4) is 0 Å². The van der Waals surface area contributed by atoms with Gasteiger partial charge in [0.05, 0.1) is 6.04 Å². The van der Waals surface area contributed by atoms with E-state index in [4.69, 9.17) is 5.11 Å². The van der Waals surface area contributed by atoms with E-state index in [1.807, 2.05) is 13.8 Å². The van der Waals surface area contributed by atoms with Crippen molar-refractivity contribution in [3.63, 3.8) is 0 Å². The van der Waals surface area contributed by atoms with Gasteiger partial charge in [0.15, 0.2) is 0 Å². The summed E-state index contributed by atoms with van der Waals surface area (Å²) in [7, 11) is 0. The van der Waals surface area contributed by atoms with E-state index in [0.717, 1.165) is 12.8 Å². The molecule has 0 radical (unpaired) electrons. The number of hydrogen-bond acceptors (Lipinski definition) is 3. The largest absolute Gasteiger partial charge is 0.396 e. The molecule has 3 N–H and O–H groups in total. The van der Waals surface area contributed by atoms with Gasteiger partial charge in [-0.3, -0.25) is 4.79 Å². The van der Waals surface area contributed by atoms with Crippen molar-refractivity contribution in [2.75, 3.05) is 13.2 Å². The minimum atomic E-state index is -0.210. The number of carbonyl (C=O) groups excluding carboxylic acids is 1. The first kappa shape index (κ1) is 14.1. The predicted octanol–water partition coefficient (Wildman–Crippen LogP) is 0.428. The second-order valence-electron chi connectivity index (χ2n) is 3.69. The predicted molar refractivity (Wildman–Crippen MR) is 61.6 cm³/mol. The van der Waals surface area contributed by atoms with E-state index >= 15 is 0 Å².